The molecule has 2 aromatic heterocycles. The van der Waals surface area contributed by atoms with Crippen LogP contribution in [0.25, 0.3) is 5.65 Å². The van der Waals surface area contributed by atoms with Crippen LogP contribution in [0, 0.1) is 0 Å². The standard InChI is InChI=1S/C22H35N5O2/c1-15(2)21-12-24-22-20(10-17(16(3)28)13-27(21)22)25-18-4-7-26(8-5-18)14-19-11-23-6-9-29-19/h10,12-13,15-16,18-19,23,25,28H,4-9,11,14H2,1-3H3/t16-,19+/m1/s1. The van der Waals surface area contributed by atoms with E-state index in [1.807, 2.05) is 19.3 Å². The van der Waals surface area contributed by atoms with Gasteiger partial charge < -0.3 is 29.8 Å². The molecule has 0 amide bonds. The number of piperidine rings is 1. The second-order valence-electron chi connectivity index (χ2n) is 8.81. The summed E-state index contributed by atoms with van der Waals surface area (Å²) in [6.45, 7) is 12.1. The van der Waals surface area contributed by atoms with Gasteiger partial charge in [0.2, 0.25) is 0 Å². The number of hydrogen-bond acceptors (Lipinski definition) is 6. The van der Waals surface area contributed by atoms with Crippen molar-refractivity contribution in [2.24, 2.45) is 0 Å². The Morgan fingerprint density at radius 1 is 1.31 bits per heavy atom. The number of anilines is 1. The average Bonchev–Trinajstić information content (AvgIpc) is 3.15. The Kier molecular flexibility index (Phi) is 6.39. The molecule has 7 heteroatoms. The van der Waals surface area contributed by atoms with Crippen molar-refractivity contribution < 1.29 is 9.84 Å². The van der Waals surface area contributed by atoms with E-state index in [0.29, 0.717) is 18.1 Å². The summed E-state index contributed by atoms with van der Waals surface area (Å²) in [5, 5.41) is 17.3. The average molecular weight is 402 g/mol. The topological polar surface area (TPSA) is 74.1 Å². The summed E-state index contributed by atoms with van der Waals surface area (Å²) in [7, 11) is 0. The van der Waals surface area contributed by atoms with Crippen LogP contribution in [0.4, 0.5) is 5.69 Å². The summed E-state index contributed by atoms with van der Waals surface area (Å²) in [5.41, 5.74) is 4.05. The third-order valence-corrected chi connectivity index (χ3v) is 6.14. The van der Waals surface area contributed by atoms with E-state index < -0.39 is 6.10 Å². The molecule has 2 fully saturated rings. The summed E-state index contributed by atoms with van der Waals surface area (Å²) in [5.74, 6) is 0.377. The first-order valence-electron chi connectivity index (χ1n) is 11.0. The number of aliphatic hydroxyl groups is 1. The van der Waals surface area contributed by atoms with Crippen molar-refractivity contribution in [3.05, 3.63) is 29.7 Å². The predicted molar refractivity (Wildman–Crippen MR) is 116 cm³/mol. The lowest BCUT2D eigenvalue weighted by molar-refractivity contribution is 0.00179. The number of ether oxygens (including phenoxy) is 1. The fourth-order valence-corrected chi connectivity index (χ4v) is 4.39. The van der Waals surface area contributed by atoms with Crippen molar-refractivity contribution in [2.45, 2.75) is 57.8 Å². The number of aliphatic hydroxyl groups excluding tert-OH is 1. The van der Waals surface area contributed by atoms with Crippen LogP contribution < -0.4 is 10.6 Å². The molecule has 0 saturated carbocycles. The molecular weight excluding hydrogens is 366 g/mol. The van der Waals surface area contributed by atoms with E-state index in [1.54, 1.807) is 0 Å². The smallest absolute Gasteiger partial charge is 0.160 e. The van der Waals surface area contributed by atoms with E-state index in [-0.39, 0.29) is 0 Å². The number of fused-ring (bicyclic) bond motifs is 1. The highest BCUT2D eigenvalue weighted by Gasteiger charge is 2.24. The van der Waals surface area contributed by atoms with Crippen LogP contribution in [0.15, 0.2) is 18.5 Å². The normalized spacial score (nSPS) is 23.0. The van der Waals surface area contributed by atoms with E-state index >= 15 is 0 Å². The van der Waals surface area contributed by atoms with E-state index in [4.69, 9.17) is 4.74 Å². The van der Waals surface area contributed by atoms with Gasteiger partial charge in [0.05, 0.1) is 24.5 Å². The van der Waals surface area contributed by atoms with Crippen LogP contribution in [0.3, 0.4) is 0 Å². The van der Waals surface area contributed by atoms with Crippen LogP contribution in [-0.4, -0.2) is 70.9 Å². The summed E-state index contributed by atoms with van der Waals surface area (Å²) in [6, 6.07) is 2.48. The maximum Gasteiger partial charge on any atom is 0.160 e. The van der Waals surface area contributed by atoms with Gasteiger partial charge >= 0.3 is 0 Å². The van der Waals surface area contributed by atoms with Gasteiger partial charge in [-0.1, -0.05) is 13.8 Å². The zero-order valence-corrected chi connectivity index (χ0v) is 17.9. The molecule has 4 heterocycles. The first-order chi connectivity index (χ1) is 14.0. The number of nitrogens with zero attached hydrogens (tertiary/aromatic N) is 3. The molecule has 2 atom stereocenters. The van der Waals surface area contributed by atoms with Gasteiger partial charge in [-0.25, -0.2) is 4.98 Å². The lowest BCUT2D eigenvalue weighted by Crippen LogP contribution is -2.48. The van der Waals surface area contributed by atoms with Crippen molar-refractivity contribution in [2.75, 3.05) is 44.6 Å². The van der Waals surface area contributed by atoms with Crippen molar-refractivity contribution in [1.82, 2.24) is 19.6 Å². The van der Waals surface area contributed by atoms with Gasteiger partial charge in [0.15, 0.2) is 5.65 Å². The van der Waals surface area contributed by atoms with Crippen LogP contribution in [0.5, 0.6) is 0 Å². The molecule has 0 radical (unpaired) electrons. The number of nitrogens with one attached hydrogen (secondary N) is 2. The molecule has 3 N–H and O–H groups in total. The fourth-order valence-electron chi connectivity index (χ4n) is 4.39. The highest BCUT2D eigenvalue weighted by atomic mass is 16.5. The number of aromatic nitrogens is 2. The molecule has 0 unspecified atom stereocenters. The Bertz CT molecular complexity index is 805. The summed E-state index contributed by atoms with van der Waals surface area (Å²) < 4.78 is 7.99. The first kappa shape index (κ1) is 20.6. The zero-order valence-electron chi connectivity index (χ0n) is 17.9. The molecule has 4 rings (SSSR count). The van der Waals surface area contributed by atoms with Crippen molar-refractivity contribution in [3.63, 3.8) is 0 Å². The molecule has 7 nitrogen and oxygen atoms in total. The molecule has 0 aliphatic carbocycles. The Morgan fingerprint density at radius 3 is 2.76 bits per heavy atom. The number of rotatable bonds is 6. The second-order valence-corrected chi connectivity index (χ2v) is 8.81. The highest BCUT2D eigenvalue weighted by Crippen LogP contribution is 2.28. The Hall–Kier alpha value is -1.67. The SMILES string of the molecule is CC(C)c1cnc2c(NC3CCN(C[C@@H]4CNCCO4)CC3)cc([C@@H](C)O)cn12. The van der Waals surface area contributed by atoms with Crippen LogP contribution in [0.1, 0.15) is 56.9 Å². The quantitative estimate of drug-likeness (QED) is 0.690. The Morgan fingerprint density at radius 2 is 2.10 bits per heavy atom. The monoisotopic (exact) mass is 401 g/mol. The highest BCUT2D eigenvalue weighted by molar-refractivity contribution is 5.69. The molecule has 2 aliphatic rings. The molecule has 2 saturated heterocycles. The number of likely N-dealkylation sites (tertiary alicyclic amines) is 1. The molecule has 0 bridgehead atoms. The predicted octanol–water partition coefficient (Wildman–Crippen LogP) is 2.38. The molecule has 0 aromatic carbocycles. The van der Waals surface area contributed by atoms with E-state index in [0.717, 1.165) is 69.1 Å². The minimum absolute atomic E-state index is 0.315. The number of pyridine rings is 1. The number of imidazole rings is 1. The largest absolute Gasteiger partial charge is 0.389 e. The van der Waals surface area contributed by atoms with Gasteiger partial charge in [-0.15, -0.1) is 0 Å². The third kappa shape index (κ3) is 4.74. The number of hydrogen-bond donors (Lipinski definition) is 3. The lowest BCUT2D eigenvalue weighted by Gasteiger charge is -2.36. The van der Waals surface area contributed by atoms with Crippen molar-refractivity contribution in [1.29, 1.82) is 0 Å². The van der Waals surface area contributed by atoms with Gasteiger partial charge in [0.1, 0.15) is 0 Å². The van der Waals surface area contributed by atoms with Gasteiger partial charge in [0, 0.05) is 56.9 Å². The molecular formula is C22H35N5O2. The molecule has 160 valence electrons. The molecule has 2 aliphatic heterocycles. The summed E-state index contributed by atoms with van der Waals surface area (Å²) in [6.07, 6.45) is 5.99. The maximum absolute atomic E-state index is 10.2. The van der Waals surface area contributed by atoms with Gasteiger partial charge in [-0.3, -0.25) is 0 Å². The zero-order chi connectivity index (χ0) is 20.4. The van der Waals surface area contributed by atoms with Crippen molar-refractivity contribution in [3.8, 4) is 0 Å². The fraction of sp³-hybridized carbons (Fsp3) is 0.682. The Labute approximate surface area is 173 Å². The van der Waals surface area contributed by atoms with E-state index in [1.165, 1.54) is 5.69 Å². The maximum atomic E-state index is 10.2. The van der Waals surface area contributed by atoms with E-state index in [2.05, 4.69) is 44.8 Å². The van der Waals surface area contributed by atoms with Gasteiger partial charge in [0.25, 0.3) is 0 Å². The Balaban J connectivity index is 1.44. The minimum Gasteiger partial charge on any atom is -0.389 e. The lowest BCUT2D eigenvalue weighted by atomic mass is 10.0. The van der Waals surface area contributed by atoms with Gasteiger partial charge in [-0.2, -0.15) is 0 Å². The van der Waals surface area contributed by atoms with Crippen LogP contribution in [0.2, 0.25) is 0 Å². The summed E-state index contributed by atoms with van der Waals surface area (Å²) in [4.78, 5) is 7.20. The second kappa shape index (κ2) is 9.00. The van der Waals surface area contributed by atoms with E-state index in [9.17, 15) is 5.11 Å². The minimum atomic E-state index is -0.506. The third-order valence-electron chi connectivity index (χ3n) is 6.14. The van der Waals surface area contributed by atoms with Crippen LogP contribution >= 0.6 is 0 Å². The van der Waals surface area contributed by atoms with Crippen molar-refractivity contribution >= 4 is 11.3 Å². The number of morpholine rings is 1. The van der Waals surface area contributed by atoms with Gasteiger partial charge in [-0.05, 0) is 37.3 Å². The molecule has 29 heavy (non-hydrogen) atoms. The van der Waals surface area contributed by atoms with Crippen LogP contribution in [-0.2, 0) is 4.74 Å². The molecule has 2 aromatic rings. The molecule has 0 spiro atoms. The first-order valence-corrected chi connectivity index (χ1v) is 11.0. The summed E-state index contributed by atoms with van der Waals surface area (Å²) >= 11 is 0.